The summed E-state index contributed by atoms with van der Waals surface area (Å²) in [5, 5.41) is 3.29. The highest BCUT2D eigenvalue weighted by Crippen LogP contribution is 2.23. The third-order valence-electron chi connectivity index (χ3n) is 3.51. The number of nitrogens with zero attached hydrogens (tertiary/aromatic N) is 1. The van der Waals surface area contributed by atoms with E-state index in [1.807, 2.05) is 0 Å². The summed E-state index contributed by atoms with van der Waals surface area (Å²) in [6, 6.07) is 3.86. The topological polar surface area (TPSA) is 94.0 Å². The Hall–Kier alpha value is -1.62. The van der Waals surface area contributed by atoms with Crippen LogP contribution in [0.5, 0.6) is 0 Å². The maximum atomic E-state index is 10.9. The van der Waals surface area contributed by atoms with Gasteiger partial charge in [-0.2, -0.15) is 0 Å². The molecule has 1 aliphatic carbocycles. The van der Waals surface area contributed by atoms with Gasteiger partial charge in [-0.15, -0.1) is 0 Å². The molecular weight excluding hydrogens is 228 g/mol. The number of carbonyl (C=O) groups is 1. The Balaban J connectivity index is 1.81. The quantitative estimate of drug-likeness (QED) is 0.744. The molecule has 1 fully saturated rings. The highest BCUT2D eigenvalue weighted by atomic mass is 16.1. The number of hydrogen-bond donors (Lipinski definition) is 3. The summed E-state index contributed by atoms with van der Waals surface area (Å²) in [4.78, 5) is 15.1. The average molecular weight is 248 g/mol. The molecule has 1 amide bonds. The van der Waals surface area contributed by atoms with Gasteiger partial charge in [-0.05, 0) is 43.7 Å². The molecule has 0 aromatic carbocycles. The fraction of sp³-hybridized carbons (Fsp3) is 0.538. The highest BCUT2D eigenvalue weighted by Gasteiger charge is 2.18. The number of amides is 1. The minimum Gasteiger partial charge on any atom is -0.370 e. The summed E-state index contributed by atoms with van der Waals surface area (Å²) >= 11 is 0. The van der Waals surface area contributed by atoms with Crippen LogP contribution < -0.4 is 16.8 Å². The van der Waals surface area contributed by atoms with Gasteiger partial charge in [0.25, 0.3) is 0 Å². The zero-order valence-electron chi connectivity index (χ0n) is 10.4. The first kappa shape index (κ1) is 12.8. The molecule has 5 heteroatoms. The van der Waals surface area contributed by atoms with Crippen molar-refractivity contribution in [1.29, 1.82) is 0 Å². The minimum absolute atomic E-state index is 0.384. The lowest BCUT2D eigenvalue weighted by molar-refractivity contribution is 0.1000. The standard InChI is InChI=1S/C13H20N4O/c14-11-4-1-9(2-5-11)7-16-12-6-3-10(8-17-12)13(15)18/h3,6,8-9,11H,1-2,4-5,7,14H2,(H2,15,18)(H,16,17). The molecule has 2 rings (SSSR count). The van der Waals surface area contributed by atoms with Crippen LogP contribution in [0.4, 0.5) is 5.82 Å². The Bertz CT molecular complexity index is 396. The number of nitrogens with one attached hydrogen (secondary N) is 1. The first-order chi connectivity index (χ1) is 8.65. The highest BCUT2D eigenvalue weighted by molar-refractivity contribution is 5.92. The molecule has 1 saturated carbocycles. The number of primary amides is 1. The average Bonchev–Trinajstić information content (AvgIpc) is 2.38. The van der Waals surface area contributed by atoms with Crippen LogP contribution in [-0.2, 0) is 0 Å². The molecule has 0 aliphatic heterocycles. The predicted molar refractivity (Wildman–Crippen MR) is 71.2 cm³/mol. The smallest absolute Gasteiger partial charge is 0.250 e. The second-order valence-electron chi connectivity index (χ2n) is 4.96. The van der Waals surface area contributed by atoms with E-state index in [9.17, 15) is 4.79 Å². The summed E-state index contributed by atoms with van der Waals surface area (Å²) in [5.41, 5.74) is 11.5. The van der Waals surface area contributed by atoms with Crippen LogP contribution in [0.2, 0.25) is 0 Å². The summed E-state index contributed by atoms with van der Waals surface area (Å²) in [6.07, 6.45) is 6.07. The SMILES string of the molecule is NC(=O)c1ccc(NCC2CCC(N)CC2)nc1. The van der Waals surface area contributed by atoms with Gasteiger partial charge in [-0.25, -0.2) is 4.98 Å². The lowest BCUT2D eigenvalue weighted by atomic mass is 9.86. The summed E-state index contributed by atoms with van der Waals surface area (Å²) in [6.45, 7) is 0.912. The van der Waals surface area contributed by atoms with Gasteiger partial charge in [-0.1, -0.05) is 0 Å². The van der Waals surface area contributed by atoms with Crippen molar-refractivity contribution in [3.8, 4) is 0 Å². The zero-order chi connectivity index (χ0) is 13.0. The molecule has 0 unspecified atom stereocenters. The maximum absolute atomic E-state index is 10.9. The van der Waals surface area contributed by atoms with E-state index in [4.69, 9.17) is 11.5 Å². The molecule has 0 radical (unpaired) electrons. The number of carbonyl (C=O) groups excluding carboxylic acids is 1. The molecule has 0 saturated heterocycles. The van der Waals surface area contributed by atoms with Crippen molar-refractivity contribution in [1.82, 2.24) is 4.98 Å². The first-order valence-corrected chi connectivity index (χ1v) is 6.40. The molecule has 5 nitrogen and oxygen atoms in total. The summed E-state index contributed by atoms with van der Waals surface area (Å²) in [7, 11) is 0. The molecule has 18 heavy (non-hydrogen) atoms. The molecule has 1 aromatic rings. The molecule has 1 aliphatic rings. The van der Waals surface area contributed by atoms with E-state index in [2.05, 4.69) is 10.3 Å². The van der Waals surface area contributed by atoms with Gasteiger partial charge in [0.1, 0.15) is 5.82 Å². The fourth-order valence-electron chi connectivity index (χ4n) is 2.29. The number of rotatable bonds is 4. The summed E-state index contributed by atoms with van der Waals surface area (Å²) < 4.78 is 0. The van der Waals surface area contributed by atoms with Crippen LogP contribution in [0, 0.1) is 5.92 Å². The Labute approximate surface area is 107 Å². The lowest BCUT2D eigenvalue weighted by Crippen LogP contribution is -2.29. The van der Waals surface area contributed by atoms with Gasteiger partial charge in [-0.3, -0.25) is 4.79 Å². The zero-order valence-corrected chi connectivity index (χ0v) is 10.4. The van der Waals surface area contributed by atoms with Crippen LogP contribution in [0.3, 0.4) is 0 Å². The molecule has 1 heterocycles. The van der Waals surface area contributed by atoms with Crippen LogP contribution in [0.1, 0.15) is 36.0 Å². The predicted octanol–water partition coefficient (Wildman–Crippen LogP) is 1.11. The van der Waals surface area contributed by atoms with Crippen molar-refractivity contribution in [2.75, 3.05) is 11.9 Å². The normalized spacial score (nSPS) is 23.6. The Morgan fingerprint density at radius 3 is 2.61 bits per heavy atom. The lowest BCUT2D eigenvalue weighted by Gasteiger charge is -2.26. The largest absolute Gasteiger partial charge is 0.370 e. The van der Waals surface area contributed by atoms with E-state index in [0.717, 1.165) is 25.2 Å². The van der Waals surface area contributed by atoms with Crippen molar-refractivity contribution in [2.24, 2.45) is 17.4 Å². The van der Waals surface area contributed by atoms with Gasteiger partial charge >= 0.3 is 0 Å². The number of pyridine rings is 1. The molecule has 0 spiro atoms. The molecule has 5 N–H and O–H groups in total. The van der Waals surface area contributed by atoms with Gasteiger partial charge in [0.15, 0.2) is 0 Å². The van der Waals surface area contributed by atoms with E-state index in [0.29, 0.717) is 17.5 Å². The van der Waals surface area contributed by atoms with E-state index in [-0.39, 0.29) is 0 Å². The van der Waals surface area contributed by atoms with Crippen LogP contribution in [0.25, 0.3) is 0 Å². The van der Waals surface area contributed by atoms with Crippen molar-refractivity contribution in [3.63, 3.8) is 0 Å². The van der Waals surface area contributed by atoms with E-state index >= 15 is 0 Å². The number of nitrogens with two attached hydrogens (primary N) is 2. The minimum atomic E-state index is -0.449. The van der Waals surface area contributed by atoms with Gasteiger partial charge in [0.2, 0.25) is 5.91 Å². The van der Waals surface area contributed by atoms with Crippen LogP contribution >= 0.6 is 0 Å². The monoisotopic (exact) mass is 248 g/mol. The number of aromatic nitrogens is 1. The van der Waals surface area contributed by atoms with E-state index in [1.165, 1.54) is 19.0 Å². The van der Waals surface area contributed by atoms with Gasteiger partial charge < -0.3 is 16.8 Å². The Kier molecular flexibility index (Phi) is 4.15. The van der Waals surface area contributed by atoms with Crippen molar-refractivity contribution in [2.45, 2.75) is 31.7 Å². The number of hydrogen-bond acceptors (Lipinski definition) is 4. The molecule has 0 bridgehead atoms. The Morgan fingerprint density at radius 2 is 2.06 bits per heavy atom. The second kappa shape index (κ2) is 5.82. The molecular formula is C13H20N4O. The van der Waals surface area contributed by atoms with Gasteiger partial charge in [0.05, 0.1) is 5.56 Å². The molecule has 1 aromatic heterocycles. The first-order valence-electron chi connectivity index (χ1n) is 6.40. The van der Waals surface area contributed by atoms with Crippen LogP contribution in [0.15, 0.2) is 18.3 Å². The molecule has 0 atom stereocenters. The van der Waals surface area contributed by atoms with Crippen molar-refractivity contribution < 1.29 is 4.79 Å². The fourth-order valence-corrected chi connectivity index (χ4v) is 2.29. The second-order valence-corrected chi connectivity index (χ2v) is 4.96. The number of anilines is 1. The third-order valence-corrected chi connectivity index (χ3v) is 3.51. The van der Waals surface area contributed by atoms with Crippen LogP contribution in [-0.4, -0.2) is 23.5 Å². The maximum Gasteiger partial charge on any atom is 0.250 e. The van der Waals surface area contributed by atoms with E-state index < -0.39 is 5.91 Å². The van der Waals surface area contributed by atoms with Crippen molar-refractivity contribution >= 4 is 11.7 Å². The Morgan fingerprint density at radius 1 is 1.33 bits per heavy atom. The third kappa shape index (κ3) is 3.43. The van der Waals surface area contributed by atoms with Crippen molar-refractivity contribution in [3.05, 3.63) is 23.9 Å². The summed E-state index contributed by atoms with van der Waals surface area (Å²) in [5.74, 6) is 1.01. The van der Waals surface area contributed by atoms with E-state index in [1.54, 1.807) is 12.1 Å². The van der Waals surface area contributed by atoms with Gasteiger partial charge in [0, 0.05) is 18.8 Å². The molecule has 98 valence electrons.